The van der Waals surface area contributed by atoms with Gasteiger partial charge in [0.1, 0.15) is 11.6 Å². The van der Waals surface area contributed by atoms with Crippen LogP contribution in [0.4, 0.5) is 21.0 Å². The minimum Gasteiger partial charge on any atom is -0.365 e. The average Bonchev–Trinajstić information content (AvgIpc) is 3.37. The van der Waals surface area contributed by atoms with Gasteiger partial charge in [-0.3, -0.25) is 4.90 Å². The van der Waals surface area contributed by atoms with E-state index in [9.17, 15) is 9.18 Å². The Bertz CT molecular complexity index is 1320. The molecule has 2 saturated heterocycles. The van der Waals surface area contributed by atoms with Crippen LogP contribution in [0.5, 0.6) is 0 Å². The SMILES string of the molecule is Cc1cccc(F)c1CNc1nc(N2CCC(CN3CCNC3=O)CC2)nc2c1CCN(Cc1ccccc1)C2. The maximum atomic E-state index is 14.6. The van der Waals surface area contributed by atoms with Crippen molar-refractivity contribution in [2.75, 3.05) is 49.5 Å². The van der Waals surface area contributed by atoms with Crippen LogP contribution in [0.15, 0.2) is 48.5 Å². The van der Waals surface area contributed by atoms with Crippen LogP contribution in [0.25, 0.3) is 0 Å². The molecular weight excluding hydrogens is 505 g/mol. The van der Waals surface area contributed by atoms with Gasteiger partial charge in [-0.2, -0.15) is 4.98 Å². The second-order valence-corrected chi connectivity index (χ2v) is 11.2. The van der Waals surface area contributed by atoms with Gasteiger partial charge in [0.15, 0.2) is 0 Å². The first-order valence-corrected chi connectivity index (χ1v) is 14.4. The first kappa shape index (κ1) is 26.5. The number of fused-ring (bicyclic) bond motifs is 1. The van der Waals surface area contributed by atoms with Crippen molar-refractivity contribution in [1.29, 1.82) is 0 Å². The van der Waals surface area contributed by atoms with Crippen LogP contribution in [0.1, 0.15) is 40.8 Å². The topological polar surface area (TPSA) is 76.6 Å². The molecule has 3 aromatic rings. The zero-order chi connectivity index (χ0) is 27.5. The van der Waals surface area contributed by atoms with Crippen LogP contribution >= 0.6 is 0 Å². The lowest BCUT2D eigenvalue weighted by Gasteiger charge is -2.35. The fourth-order valence-electron chi connectivity index (χ4n) is 6.11. The number of anilines is 2. The second-order valence-electron chi connectivity index (χ2n) is 11.2. The molecule has 0 spiro atoms. The Hall–Kier alpha value is -3.72. The van der Waals surface area contributed by atoms with Gasteiger partial charge in [-0.15, -0.1) is 0 Å². The van der Waals surface area contributed by atoms with Crippen LogP contribution in [-0.2, 0) is 26.1 Å². The van der Waals surface area contributed by atoms with Gasteiger partial charge in [0.2, 0.25) is 5.95 Å². The van der Waals surface area contributed by atoms with Crippen molar-refractivity contribution in [3.05, 3.63) is 82.3 Å². The summed E-state index contributed by atoms with van der Waals surface area (Å²) in [5.74, 6) is 1.85. The van der Waals surface area contributed by atoms with Crippen LogP contribution in [-0.4, -0.2) is 65.1 Å². The van der Waals surface area contributed by atoms with E-state index in [2.05, 4.69) is 44.7 Å². The number of halogens is 1. The Labute approximate surface area is 235 Å². The molecule has 2 aromatic carbocycles. The molecule has 3 aliphatic heterocycles. The Kier molecular flexibility index (Phi) is 7.82. The van der Waals surface area contributed by atoms with Crippen molar-refractivity contribution >= 4 is 17.8 Å². The number of urea groups is 1. The number of rotatable bonds is 8. The lowest BCUT2D eigenvalue weighted by atomic mass is 9.96. The third-order valence-corrected chi connectivity index (χ3v) is 8.49. The largest absolute Gasteiger partial charge is 0.365 e. The van der Waals surface area contributed by atoms with Crippen LogP contribution in [0.2, 0.25) is 0 Å². The van der Waals surface area contributed by atoms with E-state index in [1.807, 2.05) is 24.0 Å². The van der Waals surface area contributed by atoms with E-state index >= 15 is 0 Å². The van der Waals surface area contributed by atoms with E-state index < -0.39 is 0 Å². The molecule has 0 saturated carbocycles. The summed E-state index contributed by atoms with van der Waals surface area (Å²) >= 11 is 0. The van der Waals surface area contributed by atoms with Gasteiger partial charge in [-0.25, -0.2) is 14.2 Å². The van der Waals surface area contributed by atoms with Crippen LogP contribution in [0.3, 0.4) is 0 Å². The summed E-state index contributed by atoms with van der Waals surface area (Å²) in [7, 11) is 0. The van der Waals surface area contributed by atoms with Crippen molar-refractivity contribution in [1.82, 2.24) is 25.1 Å². The molecule has 0 radical (unpaired) electrons. The number of carbonyl (C=O) groups is 1. The van der Waals surface area contributed by atoms with E-state index in [4.69, 9.17) is 9.97 Å². The average molecular weight is 544 g/mol. The number of aryl methyl sites for hydroxylation is 1. The van der Waals surface area contributed by atoms with Gasteiger partial charge in [0.25, 0.3) is 0 Å². The summed E-state index contributed by atoms with van der Waals surface area (Å²) in [6.45, 7) is 8.96. The number of piperidine rings is 1. The molecule has 3 aliphatic rings. The Balaban J connectivity index is 1.21. The van der Waals surface area contributed by atoms with Crippen molar-refractivity contribution in [2.45, 2.75) is 45.8 Å². The molecule has 40 heavy (non-hydrogen) atoms. The molecule has 1 aromatic heterocycles. The lowest BCUT2D eigenvalue weighted by Crippen LogP contribution is -2.41. The highest BCUT2D eigenvalue weighted by Gasteiger charge is 2.29. The molecule has 210 valence electrons. The standard InChI is InChI=1S/C31H38FN7O/c1-22-6-5-9-27(32)26(22)18-34-29-25-12-14-37(19-23-7-3-2-4-8-23)21-28(25)35-30(36-29)38-15-10-24(11-16-38)20-39-17-13-33-31(39)40/h2-9,24H,10-21H2,1H3,(H,33,40)(H,34,35,36). The van der Waals surface area contributed by atoms with Crippen molar-refractivity contribution in [3.8, 4) is 0 Å². The highest BCUT2D eigenvalue weighted by molar-refractivity contribution is 5.76. The lowest BCUT2D eigenvalue weighted by molar-refractivity contribution is 0.203. The number of carbonyl (C=O) groups excluding carboxylic acids is 1. The fraction of sp³-hybridized carbons (Fsp3) is 0.452. The quantitative estimate of drug-likeness (QED) is 0.440. The predicted octanol–water partition coefficient (Wildman–Crippen LogP) is 4.34. The predicted molar refractivity (Wildman–Crippen MR) is 155 cm³/mol. The highest BCUT2D eigenvalue weighted by atomic mass is 19.1. The molecule has 2 amide bonds. The molecule has 2 fully saturated rings. The monoisotopic (exact) mass is 543 g/mol. The Morgan fingerprint density at radius 1 is 1.02 bits per heavy atom. The molecule has 6 rings (SSSR count). The second kappa shape index (κ2) is 11.8. The molecule has 0 atom stereocenters. The molecule has 0 aliphatic carbocycles. The van der Waals surface area contributed by atoms with Crippen LogP contribution < -0.4 is 15.5 Å². The van der Waals surface area contributed by atoms with Crippen molar-refractivity contribution in [3.63, 3.8) is 0 Å². The molecule has 4 heterocycles. The summed E-state index contributed by atoms with van der Waals surface area (Å²) in [6, 6.07) is 15.8. The third-order valence-electron chi connectivity index (χ3n) is 8.49. The van der Waals surface area contributed by atoms with Gasteiger partial charge in [0, 0.05) is 70.0 Å². The zero-order valence-electron chi connectivity index (χ0n) is 23.2. The summed E-state index contributed by atoms with van der Waals surface area (Å²) < 4.78 is 14.6. The van der Waals surface area contributed by atoms with Crippen LogP contribution in [0, 0.1) is 18.7 Å². The summed E-state index contributed by atoms with van der Waals surface area (Å²) in [4.78, 5) is 28.8. The molecule has 8 nitrogen and oxygen atoms in total. The molecule has 9 heteroatoms. The van der Waals surface area contributed by atoms with E-state index in [0.29, 0.717) is 18.0 Å². The summed E-state index contributed by atoms with van der Waals surface area (Å²) in [5, 5.41) is 6.39. The number of amides is 2. The summed E-state index contributed by atoms with van der Waals surface area (Å²) in [5.41, 5.74) is 5.08. The first-order chi connectivity index (χ1) is 19.5. The zero-order valence-corrected chi connectivity index (χ0v) is 23.2. The molecule has 2 N–H and O–H groups in total. The molecular formula is C31H38FN7O. The van der Waals surface area contributed by atoms with Gasteiger partial charge in [0.05, 0.1) is 5.69 Å². The third kappa shape index (κ3) is 5.89. The number of nitrogens with zero attached hydrogens (tertiary/aromatic N) is 5. The van der Waals surface area contributed by atoms with Crippen molar-refractivity contribution < 1.29 is 9.18 Å². The van der Waals surface area contributed by atoms with E-state index in [-0.39, 0.29) is 11.8 Å². The molecule has 0 bridgehead atoms. The molecule has 0 unspecified atom stereocenters. The highest BCUT2D eigenvalue weighted by Crippen LogP contribution is 2.30. The van der Waals surface area contributed by atoms with E-state index in [0.717, 1.165) is 100 Å². The minimum absolute atomic E-state index is 0.0568. The van der Waals surface area contributed by atoms with E-state index in [1.54, 1.807) is 6.07 Å². The fourth-order valence-corrected chi connectivity index (χ4v) is 6.11. The maximum absolute atomic E-state index is 14.6. The maximum Gasteiger partial charge on any atom is 0.317 e. The van der Waals surface area contributed by atoms with Gasteiger partial charge in [-0.1, -0.05) is 42.5 Å². The van der Waals surface area contributed by atoms with Gasteiger partial charge >= 0.3 is 6.03 Å². The number of aromatic nitrogens is 2. The number of hydrogen-bond acceptors (Lipinski definition) is 6. The Morgan fingerprint density at radius 2 is 1.85 bits per heavy atom. The summed E-state index contributed by atoms with van der Waals surface area (Å²) in [6.07, 6.45) is 2.85. The van der Waals surface area contributed by atoms with Gasteiger partial charge < -0.3 is 20.4 Å². The normalized spacial score (nSPS) is 18.1. The smallest absolute Gasteiger partial charge is 0.317 e. The number of nitrogens with one attached hydrogen (secondary N) is 2. The first-order valence-electron chi connectivity index (χ1n) is 14.4. The Morgan fingerprint density at radius 3 is 2.60 bits per heavy atom. The van der Waals surface area contributed by atoms with E-state index in [1.165, 1.54) is 11.6 Å². The van der Waals surface area contributed by atoms with Crippen molar-refractivity contribution in [2.24, 2.45) is 5.92 Å². The number of benzene rings is 2. The minimum atomic E-state index is -0.196. The van der Waals surface area contributed by atoms with Gasteiger partial charge in [-0.05, 0) is 49.3 Å². The number of hydrogen-bond donors (Lipinski definition) is 2.